The van der Waals surface area contributed by atoms with E-state index in [1.54, 1.807) is 31.4 Å². The molecule has 0 heterocycles. The van der Waals surface area contributed by atoms with Gasteiger partial charge in [0.15, 0.2) is 0 Å². The van der Waals surface area contributed by atoms with Crippen molar-refractivity contribution in [3.63, 3.8) is 0 Å². The number of hydrogen-bond acceptors (Lipinski definition) is 3. The first-order valence-electron chi connectivity index (χ1n) is 9.36. The maximum absolute atomic E-state index is 12.6. The summed E-state index contributed by atoms with van der Waals surface area (Å²) in [6.45, 7) is 4.35. The molecule has 3 rings (SSSR count). The highest BCUT2D eigenvalue weighted by Crippen LogP contribution is 2.17. The SMILES string of the molecule is COc1ccc(CNC(=O)c2cccc(C(=O)Nc3ccc(C)cc3C)c2)cc1. The minimum absolute atomic E-state index is 0.234. The average Bonchev–Trinajstić information content (AvgIpc) is 2.74. The lowest BCUT2D eigenvalue weighted by Crippen LogP contribution is -2.23. The summed E-state index contributed by atoms with van der Waals surface area (Å²) in [4.78, 5) is 25.1. The van der Waals surface area contributed by atoms with Crippen LogP contribution in [0, 0.1) is 13.8 Å². The van der Waals surface area contributed by atoms with E-state index in [4.69, 9.17) is 4.74 Å². The number of methoxy groups -OCH3 is 1. The van der Waals surface area contributed by atoms with Gasteiger partial charge in [-0.3, -0.25) is 9.59 Å². The number of benzene rings is 3. The summed E-state index contributed by atoms with van der Waals surface area (Å²) >= 11 is 0. The molecule has 3 aromatic carbocycles. The van der Waals surface area contributed by atoms with Crippen LogP contribution in [-0.4, -0.2) is 18.9 Å². The Morgan fingerprint density at radius 2 is 1.55 bits per heavy atom. The Morgan fingerprint density at radius 1 is 0.862 bits per heavy atom. The number of anilines is 1. The van der Waals surface area contributed by atoms with Crippen molar-refractivity contribution in [3.8, 4) is 5.75 Å². The minimum atomic E-state index is -0.248. The second kappa shape index (κ2) is 9.06. The zero-order chi connectivity index (χ0) is 20.8. The lowest BCUT2D eigenvalue weighted by molar-refractivity contribution is 0.0951. The van der Waals surface area contributed by atoms with E-state index in [-0.39, 0.29) is 11.8 Å². The van der Waals surface area contributed by atoms with Crippen LogP contribution in [-0.2, 0) is 6.54 Å². The molecule has 0 aromatic heterocycles. The second-order valence-electron chi connectivity index (χ2n) is 6.88. The monoisotopic (exact) mass is 388 g/mol. The van der Waals surface area contributed by atoms with Gasteiger partial charge in [-0.15, -0.1) is 0 Å². The van der Waals surface area contributed by atoms with Gasteiger partial charge in [0.05, 0.1) is 7.11 Å². The van der Waals surface area contributed by atoms with Crippen LogP contribution in [0.4, 0.5) is 5.69 Å². The van der Waals surface area contributed by atoms with Crippen LogP contribution in [0.3, 0.4) is 0 Å². The van der Waals surface area contributed by atoms with Crippen molar-refractivity contribution in [3.05, 3.63) is 94.5 Å². The van der Waals surface area contributed by atoms with Crippen molar-refractivity contribution in [1.29, 1.82) is 0 Å². The van der Waals surface area contributed by atoms with E-state index in [9.17, 15) is 9.59 Å². The van der Waals surface area contributed by atoms with E-state index in [0.717, 1.165) is 28.1 Å². The van der Waals surface area contributed by atoms with Crippen LogP contribution in [0.1, 0.15) is 37.4 Å². The summed E-state index contributed by atoms with van der Waals surface area (Å²) < 4.78 is 5.13. The fourth-order valence-electron chi connectivity index (χ4n) is 2.98. The zero-order valence-corrected chi connectivity index (χ0v) is 16.8. The molecule has 5 nitrogen and oxygen atoms in total. The molecule has 0 spiro atoms. The van der Waals surface area contributed by atoms with E-state index in [2.05, 4.69) is 10.6 Å². The third-order valence-electron chi connectivity index (χ3n) is 4.63. The molecule has 0 bridgehead atoms. The van der Waals surface area contributed by atoms with E-state index >= 15 is 0 Å². The summed E-state index contributed by atoms with van der Waals surface area (Å²) in [5.41, 5.74) is 4.72. The Balaban J connectivity index is 1.65. The normalized spacial score (nSPS) is 10.3. The van der Waals surface area contributed by atoms with Crippen LogP contribution < -0.4 is 15.4 Å². The van der Waals surface area contributed by atoms with Crippen molar-refractivity contribution in [1.82, 2.24) is 5.32 Å². The van der Waals surface area contributed by atoms with Crippen molar-refractivity contribution in [2.45, 2.75) is 20.4 Å². The van der Waals surface area contributed by atoms with Gasteiger partial charge in [0.25, 0.3) is 11.8 Å². The fraction of sp³-hybridized carbons (Fsp3) is 0.167. The first-order valence-corrected chi connectivity index (χ1v) is 9.36. The molecule has 0 aliphatic carbocycles. The number of nitrogens with one attached hydrogen (secondary N) is 2. The largest absolute Gasteiger partial charge is 0.497 e. The molecular weight excluding hydrogens is 364 g/mol. The molecule has 0 radical (unpaired) electrons. The summed E-state index contributed by atoms with van der Waals surface area (Å²) in [5, 5.41) is 5.78. The molecule has 0 fully saturated rings. The van der Waals surface area contributed by atoms with Crippen molar-refractivity contribution in [2.24, 2.45) is 0 Å². The number of rotatable bonds is 6. The van der Waals surface area contributed by atoms with E-state index in [1.807, 2.05) is 56.3 Å². The van der Waals surface area contributed by atoms with Gasteiger partial charge in [-0.25, -0.2) is 0 Å². The molecule has 0 saturated heterocycles. The Labute approximate surface area is 170 Å². The van der Waals surface area contributed by atoms with Crippen LogP contribution >= 0.6 is 0 Å². The fourth-order valence-corrected chi connectivity index (χ4v) is 2.98. The molecule has 0 saturated carbocycles. The molecule has 148 valence electrons. The van der Waals surface area contributed by atoms with Gasteiger partial charge in [-0.2, -0.15) is 0 Å². The molecule has 5 heteroatoms. The van der Waals surface area contributed by atoms with Crippen LogP contribution in [0.25, 0.3) is 0 Å². The molecule has 3 aromatic rings. The van der Waals surface area contributed by atoms with Gasteiger partial charge >= 0.3 is 0 Å². The van der Waals surface area contributed by atoms with Crippen LogP contribution in [0.5, 0.6) is 5.75 Å². The number of ether oxygens (including phenoxy) is 1. The molecule has 0 unspecified atom stereocenters. The Bertz CT molecular complexity index is 1030. The number of hydrogen-bond donors (Lipinski definition) is 2. The lowest BCUT2D eigenvalue weighted by atomic mass is 10.1. The van der Waals surface area contributed by atoms with Crippen molar-refractivity contribution < 1.29 is 14.3 Å². The molecule has 0 aliphatic rings. The molecule has 0 atom stereocenters. The van der Waals surface area contributed by atoms with Gasteiger partial charge in [-0.1, -0.05) is 35.9 Å². The minimum Gasteiger partial charge on any atom is -0.497 e. The summed E-state index contributed by atoms with van der Waals surface area (Å²) in [7, 11) is 1.61. The lowest BCUT2D eigenvalue weighted by Gasteiger charge is -2.10. The number of aryl methyl sites for hydroxylation is 2. The third kappa shape index (κ3) is 5.23. The van der Waals surface area contributed by atoms with E-state index < -0.39 is 0 Å². The highest BCUT2D eigenvalue weighted by Gasteiger charge is 2.12. The maximum Gasteiger partial charge on any atom is 0.255 e. The quantitative estimate of drug-likeness (QED) is 0.654. The predicted octanol–water partition coefficient (Wildman–Crippen LogP) is 4.49. The summed E-state index contributed by atoms with van der Waals surface area (Å²) in [6.07, 6.45) is 0. The Kier molecular flexibility index (Phi) is 6.29. The number of carbonyl (C=O) groups excluding carboxylic acids is 2. The number of amides is 2. The summed E-state index contributed by atoms with van der Waals surface area (Å²) in [5.74, 6) is 0.284. The Morgan fingerprint density at radius 3 is 2.21 bits per heavy atom. The molecular formula is C24H24N2O3. The van der Waals surface area contributed by atoms with E-state index in [1.165, 1.54) is 0 Å². The van der Waals surface area contributed by atoms with Gasteiger partial charge < -0.3 is 15.4 Å². The van der Waals surface area contributed by atoms with Gasteiger partial charge in [0.1, 0.15) is 5.75 Å². The topological polar surface area (TPSA) is 67.4 Å². The van der Waals surface area contributed by atoms with E-state index in [0.29, 0.717) is 17.7 Å². The highest BCUT2D eigenvalue weighted by molar-refractivity contribution is 6.06. The zero-order valence-electron chi connectivity index (χ0n) is 16.8. The standard InChI is InChI=1S/C24H24N2O3/c1-16-7-12-22(17(2)13-16)26-24(28)20-6-4-5-19(14-20)23(27)25-15-18-8-10-21(29-3)11-9-18/h4-14H,15H2,1-3H3,(H,25,27)(H,26,28). The van der Waals surface area contributed by atoms with Crippen molar-refractivity contribution in [2.75, 3.05) is 12.4 Å². The predicted molar refractivity (Wildman–Crippen MR) is 114 cm³/mol. The first-order chi connectivity index (χ1) is 14.0. The molecule has 29 heavy (non-hydrogen) atoms. The number of carbonyl (C=O) groups is 2. The van der Waals surface area contributed by atoms with Crippen LogP contribution in [0.2, 0.25) is 0 Å². The Hall–Kier alpha value is -3.60. The average molecular weight is 388 g/mol. The third-order valence-corrected chi connectivity index (χ3v) is 4.63. The van der Waals surface area contributed by atoms with Crippen LogP contribution in [0.15, 0.2) is 66.7 Å². The summed E-state index contributed by atoms with van der Waals surface area (Å²) in [6, 6.07) is 20.0. The first kappa shape index (κ1) is 20.1. The van der Waals surface area contributed by atoms with Gasteiger partial charge in [0.2, 0.25) is 0 Å². The van der Waals surface area contributed by atoms with Gasteiger partial charge in [-0.05, 0) is 61.4 Å². The maximum atomic E-state index is 12.6. The smallest absolute Gasteiger partial charge is 0.255 e. The molecule has 2 N–H and O–H groups in total. The molecule has 2 amide bonds. The van der Waals surface area contributed by atoms with Crippen molar-refractivity contribution >= 4 is 17.5 Å². The van der Waals surface area contributed by atoms with Gasteiger partial charge in [0, 0.05) is 23.4 Å². The molecule has 0 aliphatic heterocycles. The highest BCUT2D eigenvalue weighted by atomic mass is 16.5. The second-order valence-corrected chi connectivity index (χ2v) is 6.88.